The van der Waals surface area contributed by atoms with Gasteiger partial charge in [-0.05, 0) is 112 Å². The van der Waals surface area contributed by atoms with Crippen molar-refractivity contribution in [1.82, 2.24) is 5.32 Å². The Bertz CT molecular complexity index is 1150. The zero-order valence-electron chi connectivity index (χ0n) is 19.1. The SMILES string of the molecule is Cc1ccc(C)c(NS(=O)(=O)c2cc(C(=O)NC34CC5CC(CC(C5)C3)C4)ccc2C)c1. The highest BCUT2D eigenvalue weighted by Gasteiger charge is 2.51. The molecule has 0 radical (unpaired) electrons. The molecular formula is C26H32N2O3S. The van der Waals surface area contributed by atoms with Crippen LogP contribution in [-0.2, 0) is 10.0 Å². The maximum absolute atomic E-state index is 13.3. The number of nitrogens with one attached hydrogen (secondary N) is 2. The first-order chi connectivity index (χ1) is 15.1. The van der Waals surface area contributed by atoms with Gasteiger partial charge in [-0.1, -0.05) is 18.2 Å². The molecule has 4 aliphatic rings. The number of carbonyl (C=O) groups excluding carboxylic acids is 1. The number of amides is 1. The van der Waals surface area contributed by atoms with E-state index in [0.29, 0.717) is 16.8 Å². The molecule has 4 aliphatic carbocycles. The number of carbonyl (C=O) groups is 1. The van der Waals surface area contributed by atoms with E-state index >= 15 is 0 Å². The third-order valence-electron chi connectivity index (χ3n) is 7.79. The normalized spacial score (nSPS) is 28.5. The summed E-state index contributed by atoms with van der Waals surface area (Å²) in [4.78, 5) is 13.4. The summed E-state index contributed by atoms with van der Waals surface area (Å²) in [5.74, 6) is 2.04. The fraction of sp³-hybridized carbons (Fsp3) is 0.500. The van der Waals surface area contributed by atoms with E-state index in [1.807, 2.05) is 32.0 Å². The van der Waals surface area contributed by atoms with Crippen LogP contribution in [0.4, 0.5) is 5.69 Å². The number of rotatable bonds is 5. The van der Waals surface area contributed by atoms with Crippen LogP contribution in [0.5, 0.6) is 0 Å². The fourth-order valence-corrected chi connectivity index (χ4v) is 8.05. The molecule has 6 heteroatoms. The lowest BCUT2D eigenvalue weighted by Crippen LogP contribution is -2.59. The molecule has 0 aromatic heterocycles. The molecule has 4 fully saturated rings. The second-order valence-electron chi connectivity index (χ2n) is 10.6. The summed E-state index contributed by atoms with van der Waals surface area (Å²) in [5, 5.41) is 3.35. The molecule has 6 rings (SSSR count). The van der Waals surface area contributed by atoms with E-state index in [1.165, 1.54) is 25.3 Å². The van der Waals surface area contributed by atoms with Crippen LogP contribution in [0.2, 0.25) is 0 Å². The highest BCUT2D eigenvalue weighted by atomic mass is 32.2. The summed E-state index contributed by atoms with van der Waals surface area (Å²) in [7, 11) is -3.82. The summed E-state index contributed by atoms with van der Waals surface area (Å²) in [6.07, 6.45) is 7.13. The summed E-state index contributed by atoms with van der Waals surface area (Å²) in [5.41, 5.74) is 3.32. The standard InChI is InChI=1S/C26H32N2O3S/c1-16-4-5-17(2)23(8-16)28-32(30,31)24-12-22(7-6-18(24)3)25(29)27-26-13-19-9-20(14-26)11-21(10-19)15-26/h4-8,12,19-21,28H,9-11,13-15H2,1-3H3,(H,27,29). The predicted molar refractivity (Wildman–Crippen MR) is 126 cm³/mol. The van der Waals surface area contributed by atoms with Crippen LogP contribution in [-0.4, -0.2) is 19.9 Å². The van der Waals surface area contributed by atoms with Crippen LogP contribution >= 0.6 is 0 Å². The van der Waals surface area contributed by atoms with E-state index in [9.17, 15) is 13.2 Å². The third kappa shape index (κ3) is 3.94. The van der Waals surface area contributed by atoms with Crippen molar-refractivity contribution in [3.63, 3.8) is 0 Å². The number of benzene rings is 2. The molecule has 1 amide bonds. The van der Waals surface area contributed by atoms with Crippen molar-refractivity contribution in [2.75, 3.05) is 4.72 Å². The molecule has 0 unspecified atom stereocenters. The van der Waals surface area contributed by atoms with Gasteiger partial charge in [-0.3, -0.25) is 9.52 Å². The first-order valence-corrected chi connectivity index (χ1v) is 13.1. The molecule has 4 saturated carbocycles. The smallest absolute Gasteiger partial charge is 0.262 e. The average molecular weight is 453 g/mol. The Hall–Kier alpha value is -2.34. The van der Waals surface area contributed by atoms with Gasteiger partial charge >= 0.3 is 0 Å². The van der Waals surface area contributed by atoms with Crippen LogP contribution in [0.1, 0.15) is 65.6 Å². The largest absolute Gasteiger partial charge is 0.347 e. The van der Waals surface area contributed by atoms with Gasteiger partial charge in [-0.15, -0.1) is 0 Å². The fourth-order valence-electron chi connectivity index (χ4n) is 6.65. The van der Waals surface area contributed by atoms with Crippen molar-refractivity contribution in [3.8, 4) is 0 Å². The van der Waals surface area contributed by atoms with Gasteiger partial charge in [0.15, 0.2) is 0 Å². The van der Waals surface area contributed by atoms with Gasteiger partial charge in [-0.25, -0.2) is 8.42 Å². The molecule has 2 aromatic carbocycles. The van der Waals surface area contributed by atoms with Gasteiger partial charge in [-0.2, -0.15) is 0 Å². The van der Waals surface area contributed by atoms with Crippen molar-refractivity contribution >= 4 is 21.6 Å². The highest BCUT2D eigenvalue weighted by Crippen LogP contribution is 2.55. The van der Waals surface area contributed by atoms with Crippen LogP contribution in [0, 0.1) is 38.5 Å². The Kier molecular flexibility index (Phi) is 5.12. The number of hydrogen-bond acceptors (Lipinski definition) is 3. The summed E-state index contributed by atoms with van der Waals surface area (Å²) >= 11 is 0. The Morgan fingerprint density at radius 2 is 1.47 bits per heavy atom. The first-order valence-electron chi connectivity index (χ1n) is 11.7. The molecule has 5 nitrogen and oxygen atoms in total. The second kappa shape index (κ2) is 7.62. The van der Waals surface area contributed by atoms with Crippen LogP contribution in [0.3, 0.4) is 0 Å². The number of hydrogen-bond donors (Lipinski definition) is 2. The molecule has 0 spiro atoms. The number of aryl methyl sites for hydroxylation is 3. The molecule has 4 bridgehead atoms. The quantitative estimate of drug-likeness (QED) is 0.662. The van der Waals surface area contributed by atoms with E-state index in [1.54, 1.807) is 19.1 Å². The van der Waals surface area contributed by atoms with E-state index in [0.717, 1.165) is 48.1 Å². The van der Waals surface area contributed by atoms with Crippen molar-refractivity contribution in [3.05, 3.63) is 58.7 Å². The van der Waals surface area contributed by atoms with Crippen molar-refractivity contribution in [2.45, 2.75) is 69.7 Å². The minimum Gasteiger partial charge on any atom is -0.347 e. The maximum atomic E-state index is 13.3. The number of sulfonamides is 1. The van der Waals surface area contributed by atoms with Crippen molar-refractivity contribution in [1.29, 1.82) is 0 Å². The highest BCUT2D eigenvalue weighted by molar-refractivity contribution is 7.92. The van der Waals surface area contributed by atoms with Crippen molar-refractivity contribution < 1.29 is 13.2 Å². The molecule has 2 aromatic rings. The Balaban J connectivity index is 1.40. The second-order valence-corrected chi connectivity index (χ2v) is 12.2. The summed E-state index contributed by atoms with van der Waals surface area (Å²) in [6.45, 7) is 5.57. The lowest BCUT2D eigenvalue weighted by Gasteiger charge is -2.56. The Morgan fingerprint density at radius 1 is 0.875 bits per heavy atom. The van der Waals surface area contributed by atoms with Gasteiger partial charge in [0.05, 0.1) is 10.6 Å². The van der Waals surface area contributed by atoms with E-state index in [2.05, 4.69) is 10.0 Å². The molecule has 32 heavy (non-hydrogen) atoms. The summed E-state index contributed by atoms with van der Waals surface area (Å²) < 4.78 is 29.2. The monoisotopic (exact) mass is 452 g/mol. The van der Waals surface area contributed by atoms with Crippen LogP contribution in [0.25, 0.3) is 0 Å². The van der Waals surface area contributed by atoms with E-state index < -0.39 is 10.0 Å². The van der Waals surface area contributed by atoms with E-state index in [-0.39, 0.29) is 16.3 Å². The lowest BCUT2D eigenvalue weighted by molar-refractivity contribution is -0.0167. The molecule has 170 valence electrons. The van der Waals surface area contributed by atoms with Gasteiger partial charge in [0, 0.05) is 11.1 Å². The van der Waals surface area contributed by atoms with Gasteiger partial charge in [0.2, 0.25) is 0 Å². The molecule has 0 aliphatic heterocycles. The number of anilines is 1. The minimum atomic E-state index is -3.82. The molecule has 0 atom stereocenters. The predicted octanol–water partition coefficient (Wildman–Crippen LogP) is 5.11. The minimum absolute atomic E-state index is 0.104. The maximum Gasteiger partial charge on any atom is 0.262 e. The van der Waals surface area contributed by atoms with Gasteiger partial charge in [0.1, 0.15) is 0 Å². The van der Waals surface area contributed by atoms with Crippen LogP contribution < -0.4 is 10.0 Å². The Labute approximate surface area is 191 Å². The molecule has 2 N–H and O–H groups in total. The topological polar surface area (TPSA) is 75.3 Å². The van der Waals surface area contributed by atoms with Gasteiger partial charge < -0.3 is 5.32 Å². The van der Waals surface area contributed by atoms with Gasteiger partial charge in [0.25, 0.3) is 15.9 Å². The Morgan fingerprint density at radius 3 is 2.09 bits per heavy atom. The third-order valence-corrected chi connectivity index (χ3v) is 9.30. The van der Waals surface area contributed by atoms with E-state index in [4.69, 9.17) is 0 Å². The molecule has 0 saturated heterocycles. The average Bonchev–Trinajstić information content (AvgIpc) is 2.69. The zero-order valence-corrected chi connectivity index (χ0v) is 19.9. The summed E-state index contributed by atoms with van der Waals surface area (Å²) in [6, 6.07) is 10.7. The molecule has 0 heterocycles. The lowest BCUT2D eigenvalue weighted by atomic mass is 9.53. The molecular weight excluding hydrogens is 420 g/mol. The first kappa shape index (κ1) is 21.5. The van der Waals surface area contributed by atoms with Crippen LogP contribution in [0.15, 0.2) is 41.3 Å². The zero-order chi connectivity index (χ0) is 22.7. The van der Waals surface area contributed by atoms with Crippen molar-refractivity contribution in [2.24, 2.45) is 17.8 Å².